The second-order valence-corrected chi connectivity index (χ2v) is 8.54. The predicted octanol–water partition coefficient (Wildman–Crippen LogP) is 3.33. The Morgan fingerprint density at radius 2 is 2.13 bits per heavy atom. The van der Waals surface area contributed by atoms with E-state index in [0.717, 1.165) is 50.1 Å². The number of aryl methyl sites for hydroxylation is 1. The number of carbonyl (C=O) groups is 2. The molecule has 2 atom stereocenters. The summed E-state index contributed by atoms with van der Waals surface area (Å²) in [5.74, 6) is 1.27. The van der Waals surface area contributed by atoms with Crippen LogP contribution in [0.1, 0.15) is 68.2 Å². The molecule has 30 heavy (non-hydrogen) atoms. The summed E-state index contributed by atoms with van der Waals surface area (Å²) >= 11 is 0. The highest BCUT2D eigenvalue weighted by Gasteiger charge is 2.50. The van der Waals surface area contributed by atoms with E-state index in [4.69, 9.17) is 0 Å². The van der Waals surface area contributed by atoms with Crippen molar-refractivity contribution >= 4 is 17.6 Å². The summed E-state index contributed by atoms with van der Waals surface area (Å²) in [7, 11) is 0. The first kappa shape index (κ1) is 20.4. The molecule has 1 aromatic rings. The van der Waals surface area contributed by atoms with Crippen LogP contribution in [0.4, 0.5) is 0 Å². The topological polar surface area (TPSA) is 87.5 Å². The molecule has 0 aromatic carbocycles. The van der Waals surface area contributed by atoms with E-state index in [-0.39, 0.29) is 17.9 Å². The number of aromatic nitrogens is 2. The Morgan fingerprint density at radius 3 is 2.97 bits per heavy atom. The van der Waals surface area contributed by atoms with Gasteiger partial charge in [0.2, 0.25) is 5.91 Å². The van der Waals surface area contributed by atoms with Crippen LogP contribution >= 0.6 is 0 Å². The van der Waals surface area contributed by atoms with E-state index in [1.807, 2.05) is 17.9 Å². The fourth-order valence-electron chi connectivity index (χ4n) is 4.78. The van der Waals surface area contributed by atoms with Crippen LogP contribution in [0.2, 0.25) is 0 Å². The summed E-state index contributed by atoms with van der Waals surface area (Å²) in [6.07, 6.45) is 13.9. The average Bonchev–Trinajstić information content (AvgIpc) is 3.00. The fraction of sp³-hybridized carbons (Fsp3) is 0.522. The fourth-order valence-corrected chi connectivity index (χ4v) is 4.78. The molecule has 2 aliphatic heterocycles. The van der Waals surface area contributed by atoms with E-state index in [1.54, 1.807) is 19.2 Å². The van der Waals surface area contributed by atoms with Crippen molar-refractivity contribution < 1.29 is 9.59 Å². The predicted molar refractivity (Wildman–Crippen MR) is 115 cm³/mol. The third-order valence-electron chi connectivity index (χ3n) is 6.31. The van der Waals surface area contributed by atoms with Gasteiger partial charge >= 0.3 is 0 Å². The highest BCUT2D eigenvalue weighted by Crippen LogP contribution is 2.45. The molecule has 3 aliphatic rings. The van der Waals surface area contributed by atoms with Gasteiger partial charge in [0.15, 0.2) is 0 Å². The summed E-state index contributed by atoms with van der Waals surface area (Å²) in [6, 6.07) is 1.60. The Morgan fingerprint density at radius 1 is 1.27 bits per heavy atom. The summed E-state index contributed by atoms with van der Waals surface area (Å²) in [5.41, 5.74) is 0.920. The van der Waals surface area contributed by atoms with Crippen molar-refractivity contribution in [1.82, 2.24) is 20.2 Å². The number of allylic oxidation sites excluding steroid dienone is 3. The van der Waals surface area contributed by atoms with Crippen LogP contribution in [-0.2, 0) is 4.79 Å². The van der Waals surface area contributed by atoms with E-state index in [0.29, 0.717) is 24.5 Å². The van der Waals surface area contributed by atoms with Gasteiger partial charge in [0.05, 0.1) is 5.41 Å². The molecular weight excluding hydrogens is 378 g/mol. The van der Waals surface area contributed by atoms with Crippen molar-refractivity contribution in [2.75, 3.05) is 6.54 Å². The van der Waals surface area contributed by atoms with Crippen molar-refractivity contribution in [3.63, 3.8) is 0 Å². The lowest BCUT2D eigenvalue weighted by atomic mass is 9.71. The molecular formula is C23H29N5O2. The van der Waals surface area contributed by atoms with Crippen LogP contribution in [-0.4, -0.2) is 45.1 Å². The summed E-state index contributed by atoms with van der Waals surface area (Å²) in [5, 5.41) is 3.10. The molecule has 2 amide bonds. The Labute approximate surface area is 177 Å². The summed E-state index contributed by atoms with van der Waals surface area (Å²) in [6.45, 7) is 4.43. The van der Waals surface area contributed by atoms with Gasteiger partial charge in [0.25, 0.3) is 5.91 Å². The van der Waals surface area contributed by atoms with Crippen molar-refractivity contribution in [1.29, 1.82) is 0 Å². The van der Waals surface area contributed by atoms with Gasteiger partial charge in [-0.2, -0.15) is 0 Å². The second kappa shape index (κ2) is 8.50. The van der Waals surface area contributed by atoms with Gasteiger partial charge in [-0.05, 0) is 64.5 Å². The Kier molecular flexibility index (Phi) is 5.79. The van der Waals surface area contributed by atoms with Crippen LogP contribution in [0.25, 0.3) is 0 Å². The lowest BCUT2D eigenvalue weighted by Crippen LogP contribution is -2.46. The monoisotopic (exact) mass is 407 g/mol. The van der Waals surface area contributed by atoms with Crippen LogP contribution in [0.15, 0.2) is 41.2 Å². The molecule has 2 unspecified atom stereocenters. The molecule has 0 radical (unpaired) electrons. The minimum atomic E-state index is -0.409. The second-order valence-electron chi connectivity index (χ2n) is 8.54. The highest BCUT2D eigenvalue weighted by atomic mass is 16.2. The van der Waals surface area contributed by atoms with Gasteiger partial charge in [-0.3, -0.25) is 14.5 Å². The molecule has 4 rings (SSSR count). The van der Waals surface area contributed by atoms with Gasteiger partial charge in [-0.25, -0.2) is 15.0 Å². The van der Waals surface area contributed by atoms with Gasteiger partial charge in [0, 0.05) is 24.5 Å². The maximum absolute atomic E-state index is 13.5. The van der Waals surface area contributed by atoms with Gasteiger partial charge < -0.3 is 5.32 Å². The molecule has 1 aliphatic carbocycles. The molecule has 7 heteroatoms. The van der Waals surface area contributed by atoms with E-state index >= 15 is 0 Å². The minimum absolute atomic E-state index is 0.0260. The zero-order chi connectivity index (χ0) is 21.1. The number of carbonyl (C=O) groups excluding carboxylic acids is 2. The normalized spacial score (nSPS) is 26.8. The van der Waals surface area contributed by atoms with E-state index in [1.165, 1.54) is 0 Å². The maximum atomic E-state index is 13.5. The average molecular weight is 408 g/mol. The van der Waals surface area contributed by atoms with Crippen molar-refractivity contribution in [2.45, 2.75) is 64.8 Å². The quantitative estimate of drug-likeness (QED) is 0.815. The molecule has 0 bridgehead atoms. The zero-order valence-corrected chi connectivity index (χ0v) is 17.7. The maximum Gasteiger partial charge on any atom is 0.270 e. The smallest absolute Gasteiger partial charge is 0.270 e. The molecule has 1 aromatic heterocycles. The van der Waals surface area contributed by atoms with E-state index in [2.05, 4.69) is 32.4 Å². The Balaban J connectivity index is 1.47. The molecule has 7 nitrogen and oxygen atoms in total. The van der Waals surface area contributed by atoms with E-state index < -0.39 is 5.41 Å². The first-order valence-corrected chi connectivity index (χ1v) is 10.8. The number of likely N-dealkylation sites (tertiary alicyclic amines) is 1. The molecule has 3 heterocycles. The first-order valence-electron chi connectivity index (χ1n) is 10.8. The third-order valence-corrected chi connectivity index (χ3v) is 6.31. The zero-order valence-electron chi connectivity index (χ0n) is 17.7. The van der Waals surface area contributed by atoms with Crippen LogP contribution < -0.4 is 5.32 Å². The summed E-state index contributed by atoms with van der Waals surface area (Å²) in [4.78, 5) is 40.9. The van der Waals surface area contributed by atoms with Gasteiger partial charge in [-0.1, -0.05) is 18.6 Å². The number of hydrogen-bond donors (Lipinski definition) is 1. The van der Waals surface area contributed by atoms with Crippen LogP contribution in [0, 0.1) is 12.3 Å². The SMILES string of the molecule is CC1=CCCC=CC(N2CCC3(CCCC(NC(=O)c4ccnc(C)n4)C3)C2=O)=N1. The number of rotatable bonds is 2. The standard InChI is InChI=1S/C23H29N5O2/c1-16-7-4-3-5-9-20(25-16)28-14-12-23(22(28)30)11-6-8-18(15-23)27-21(29)19-10-13-24-17(2)26-19/h5,7,9-10,13,18H,3-4,6,8,11-12,14-15H2,1-2H3,(H,27,29). The van der Waals surface area contributed by atoms with Gasteiger partial charge in [-0.15, -0.1) is 0 Å². The number of amidine groups is 1. The molecule has 1 saturated heterocycles. The molecule has 158 valence electrons. The Bertz CT molecular complexity index is 935. The number of aliphatic imine (C=N–C) groups is 1. The number of nitrogens with zero attached hydrogens (tertiary/aromatic N) is 4. The molecule has 1 N–H and O–H groups in total. The third kappa shape index (κ3) is 4.20. The van der Waals surface area contributed by atoms with E-state index in [9.17, 15) is 9.59 Å². The number of nitrogens with one attached hydrogen (secondary N) is 1. The Hall–Kier alpha value is -2.83. The molecule has 1 spiro atoms. The summed E-state index contributed by atoms with van der Waals surface area (Å²) < 4.78 is 0. The first-order chi connectivity index (χ1) is 14.5. The van der Waals surface area contributed by atoms with Crippen molar-refractivity contribution in [2.24, 2.45) is 10.4 Å². The molecule has 2 fully saturated rings. The largest absolute Gasteiger partial charge is 0.348 e. The van der Waals surface area contributed by atoms with Crippen LogP contribution in [0.3, 0.4) is 0 Å². The highest BCUT2D eigenvalue weighted by molar-refractivity contribution is 6.07. The van der Waals surface area contributed by atoms with Gasteiger partial charge in [0.1, 0.15) is 17.4 Å². The lowest BCUT2D eigenvalue weighted by Gasteiger charge is -2.36. The lowest BCUT2D eigenvalue weighted by molar-refractivity contribution is -0.134. The molecule has 1 saturated carbocycles. The van der Waals surface area contributed by atoms with Crippen molar-refractivity contribution in [3.05, 3.63) is 47.7 Å². The number of hydrogen-bond acceptors (Lipinski definition) is 5. The van der Waals surface area contributed by atoms with Crippen LogP contribution in [0.5, 0.6) is 0 Å². The van der Waals surface area contributed by atoms with Crippen molar-refractivity contribution in [3.8, 4) is 0 Å². The minimum Gasteiger partial charge on any atom is -0.348 e. The number of amides is 2.